The lowest BCUT2D eigenvalue weighted by molar-refractivity contribution is -0.124. The van der Waals surface area contributed by atoms with Gasteiger partial charge in [0, 0.05) is 31.2 Å². The minimum absolute atomic E-state index is 0.0530. The molecule has 0 aliphatic heterocycles. The highest BCUT2D eigenvalue weighted by Crippen LogP contribution is 2.26. The van der Waals surface area contributed by atoms with Gasteiger partial charge in [-0.2, -0.15) is 0 Å². The summed E-state index contributed by atoms with van der Waals surface area (Å²) in [4.78, 5) is 45.7. The summed E-state index contributed by atoms with van der Waals surface area (Å²) in [6.07, 6.45) is 8.79. The molecule has 3 rings (SSSR count). The predicted octanol–water partition coefficient (Wildman–Crippen LogP) is 13.3. The van der Waals surface area contributed by atoms with E-state index in [-0.39, 0.29) is 27.8 Å². The molecule has 0 radical (unpaired) electrons. The summed E-state index contributed by atoms with van der Waals surface area (Å²) in [5, 5.41) is 5.75. The number of halogens is 2. The Morgan fingerprint density at radius 3 is 1.05 bits per heavy atom. The van der Waals surface area contributed by atoms with Gasteiger partial charge in [0.05, 0.1) is 11.1 Å². The van der Waals surface area contributed by atoms with Gasteiger partial charge in [-0.05, 0) is 163 Å². The summed E-state index contributed by atoms with van der Waals surface area (Å²) in [6.45, 7) is 30.0. The Hall–Kier alpha value is -4.30. The first-order valence-corrected chi connectivity index (χ1v) is 22.2. The summed E-state index contributed by atoms with van der Waals surface area (Å²) >= 11 is 10.3. The lowest BCUT2D eigenvalue weighted by Crippen LogP contribution is -2.41. The van der Waals surface area contributed by atoms with Gasteiger partial charge in [0.15, 0.2) is 0 Å². The fraction of sp³-hybridized carbons (Fsp3) is 0.462. The Kier molecular flexibility index (Phi) is 24.1. The van der Waals surface area contributed by atoms with Crippen molar-refractivity contribution in [1.29, 1.82) is 0 Å². The van der Waals surface area contributed by atoms with Gasteiger partial charge in [-0.15, -0.1) is 0 Å². The van der Waals surface area contributed by atoms with Gasteiger partial charge in [-0.1, -0.05) is 117 Å². The third-order valence-electron chi connectivity index (χ3n) is 10.2. The van der Waals surface area contributed by atoms with Crippen molar-refractivity contribution in [3.05, 3.63) is 126 Å². The van der Waals surface area contributed by atoms with E-state index < -0.39 is 11.1 Å². The third kappa shape index (κ3) is 22.9. The average molecular weight is 875 g/mol. The largest absolute Gasteiger partial charge is 0.347 e. The highest BCUT2D eigenvalue weighted by atomic mass is 35.5. The quantitative estimate of drug-likeness (QED) is 0.0686. The maximum atomic E-state index is 12.6. The van der Waals surface area contributed by atoms with Gasteiger partial charge in [-0.3, -0.25) is 19.2 Å². The van der Waals surface area contributed by atoms with Crippen LogP contribution in [0.5, 0.6) is 0 Å². The second-order valence-electron chi connectivity index (χ2n) is 17.7. The zero-order valence-electron chi connectivity index (χ0n) is 38.5. The summed E-state index contributed by atoms with van der Waals surface area (Å²) in [5.74, 6) is 0.106. The molecule has 0 saturated heterocycles. The first-order chi connectivity index (χ1) is 28.3. The maximum Gasteiger partial charge on any atom is 0.221 e. The number of nitrogens with two attached hydrogens (primary N) is 1. The SMILES string of the molecule is C=C(C)c1cccc(C(C)(C)N)c1.C=C(C)c1cccc(C(C)(C)NC(=O)CCCCCCC(=O)NC(C)(C)c2cccc(C(=C)C)c2)c1.O=C(Cl)CCCCCCC(=O)Cl. The van der Waals surface area contributed by atoms with Crippen LogP contribution in [-0.4, -0.2) is 22.3 Å². The minimum Gasteiger partial charge on any atom is -0.347 e. The number of allylic oxidation sites excluding steroid dienone is 3. The molecule has 0 saturated carbocycles. The van der Waals surface area contributed by atoms with E-state index in [9.17, 15) is 19.2 Å². The lowest BCUT2D eigenvalue weighted by Gasteiger charge is -2.28. The standard InChI is InChI=1S/C32H44N2O2.C12H17N.C8H12Cl2O2/c1-23(2)25-15-13-17-27(21-25)31(5,6)33-29(35)19-11-9-10-12-20-30(36)34-32(7,8)28-18-14-16-26(22-28)24(3)4;1-9(2)10-6-5-7-11(8-10)12(3,4)13;9-7(11)5-3-1-2-4-6-8(10)12/h13-18,21-22H,1,3,9-12,19-20H2,2,4-8H3,(H,33,35)(H,34,36);5-8H,1,13H2,2-4H3;1-6H2. The molecule has 334 valence electrons. The molecule has 3 aromatic carbocycles. The highest BCUT2D eigenvalue weighted by molar-refractivity contribution is 6.63. The monoisotopic (exact) mass is 873 g/mol. The topological polar surface area (TPSA) is 118 Å². The van der Waals surface area contributed by atoms with Crippen LogP contribution in [0.25, 0.3) is 16.7 Å². The normalized spacial score (nSPS) is 11.2. The molecule has 7 nitrogen and oxygen atoms in total. The summed E-state index contributed by atoms with van der Waals surface area (Å²) in [7, 11) is 0. The number of benzene rings is 3. The van der Waals surface area contributed by atoms with Crippen LogP contribution in [0.15, 0.2) is 92.5 Å². The molecule has 0 bridgehead atoms. The fourth-order valence-electron chi connectivity index (χ4n) is 6.30. The number of hydrogen-bond donors (Lipinski definition) is 3. The molecule has 0 aliphatic rings. The van der Waals surface area contributed by atoms with E-state index in [1.165, 1.54) is 0 Å². The molecule has 0 aromatic heterocycles. The summed E-state index contributed by atoms with van der Waals surface area (Å²) < 4.78 is 0. The number of unbranched alkanes of at least 4 members (excludes halogenated alkanes) is 6. The highest BCUT2D eigenvalue weighted by Gasteiger charge is 2.24. The summed E-state index contributed by atoms with van der Waals surface area (Å²) in [6, 6.07) is 24.6. The van der Waals surface area contributed by atoms with Crippen molar-refractivity contribution in [1.82, 2.24) is 10.6 Å². The van der Waals surface area contributed by atoms with E-state index in [1.807, 2.05) is 111 Å². The second-order valence-corrected chi connectivity index (χ2v) is 18.5. The lowest BCUT2D eigenvalue weighted by atomic mass is 9.91. The van der Waals surface area contributed by atoms with Crippen molar-refractivity contribution in [3.8, 4) is 0 Å². The van der Waals surface area contributed by atoms with Crippen molar-refractivity contribution in [2.24, 2.45) is 5.73 Å². The Labute approximate surface area is 378 Å². The smallest absolute Gasteiger partial charge is 0.221 e. The molecular weight excluding hydrogens is 801 g/mol. The van der Waals surface area contributed by atoms with Gasteiger partial charge < -0.3 is 16.4 Å². The van der Waals surface area contributed by atoms with Gasteiger partial charge in [0.25, 0.3) is 0 Å². The Balaban J connectivity index is 0.000000602. The van der Waals surface area contributed by atoms with E-state index >= 15 is 0 Å². The van der Waals surface area contributed by atoms with E-state index in [2.05, 4.69) is 54.6 Å². The Morgan fingerprint density at radius 2 is 0.770 bits per heavy atom. The number of amides is 2. The van der Waals surface area contributed by atoms with E-state index in [1.54, 1.807) is 0 Å². The van der Waals surface area contributed by atoms with Crippen LogP contribution in [0.3, 0.4) is 0 Å². The molecule has 61 heavy (non-hydrogen) atoms. The van der Waals surface area contributed by atoms with Crippen molar-refractivity contribution in [2.75, 3.05) is 0 Å². The van der Waals surface area contributed by atoms with Gasteiger partial charge >= 0.3 is 0 Å². The Morgan fingerprint density at radius 1 is 0.492 bits per heavy atom. The van der Waals surface area contributed by atoms with E-state index in [4.69, 9.17) is 28.9 Å². The molecule has 4 N–H and O–H groups in total. The number of rotatable bonds is 22. The number of hydrogen-bond acceptors (Lipinski definition) is 5. The first kappa shape index (κ1) is 54.7. The number of nitrogens with one attached hydrogen (secondary N) is 2. The zero-order chi connectivity index (χ0) is 46.4. The van der Waals surface area contributed by atoms with Gasteiger partial charge in [-0.25, -0.2) is 0 Å². The van der Waals surface area contributed by atoms with Crippen LogP contribution < -0.4 is 16.4 Å². The van der Waals surface area contributed by atoms with Crippen LogP contribution in [0, 0.1) is 0 Å². The molecule has 9 heteroatoms. The van der Waals surface area contributed by atoms with Gasteiger partial charge in [0.1, 0.15) is 0 Å². The maximum absolute atomic E-state index is 12.6. The second kappa shape index (κ2) is 26.9. The zero-order valence-corrected chi connectivity index (χ0v) is 40.0. The molecule has 3 aromatic rings. The molecule has 0 atom stereocenters. The van der Waals surface area contributed by atoms with Crippen LogP contribution >= 0.6 is 23.2 Å². The van der Waals surface area contributed by atoms with Crippen LogP contribution in [0.1, 0.15) is 173 Å². The van der Waals surface area contributed by atoms with Crippen molar-refractivity contribution in [2.45, 2.75) is 156 Å². The molecule has 0 heterocycles. The minimum atomic E-state index is -0.447. The molecule has 2 amide bonds. The molecule has 0 spiro atoms. The van der Waals surface area contributed by atoms with Crippen molar-refractivity contribution >= 4 is 62.2 Å². The Bertz CT molecular complexity index is 1830. The molecule has 0 aliphatic carbocycles. The molecule has 0 unspecified atom stereocenters. The predicted molar refractivity (Wildman–Crippen MR) is 260 cm³/mol. The number of carbonyl (C=O) groups excluding carboxylic acids is 4. The summed E-state index contributed by atoms with van der Waals surface area (Å²) in [5.41, 5.74) is 14.5. The van der Waals surface area contributed by atoms with Crippen LogP contribution in [0.2, 0.25) is 0 Å². The van der Waals surface area contributed by atoms with Crippen molar-refractivity contribution in [3.63, 3.8) is 0 Å². The molecule has 0 fully saturated rings. The van der Waals surface area contributed by atoms with Gasteiger partial charge in [0.2, 0.25) is 22.3 Å². The van der Waals surface area contributed by atoms with Crippen LogP contribution in [0.4, 0.5) is 0 Å². The van der Waals surface area contributed by atoms with E-state index in [0.717, 1.165) is 101 Å². The fourth-order valence-corrected chi connectivity index (χ4v) is 6.57. The third-order valence-corrected chi connectivity index (χ3v) is 10.6. The number of carbonyl (C=O) groups is 4. The molecular formula is C52H73Cl2N3O4. The van der Waals surface area contributed by atoms with Crippen LogP contribution in [-0.2, 0) is 35.8 Å². The first-order valence-electron chi connectivity index (χ1n) is 21.4. The average Bonchev–Trinajstić information content (AvgIpc) is 3.17. The van der Waals surface area contributed by atoms with Crippen molar-refractivity contribution < 1.29 is 19.2 Å². The van der Waals surface area contributed by atoms with E-state index in [0.29, 0.717) is 25.7 Å².